The number of rotatable bonds is 12. The summed E-state index contributed by atoms with van der Waals surface area (Å²) >= 11 is 0. The third-order valence-corrected chi connectivity index (χ3v) is 4.08. The first kappa shape index (κ1) is 19.4. The second-order valence-corrected chi connectivity index (χ2v) is 6.26. The number of anilines is 1. The molecule has 1 rings (SSSR count). The lowest BCUT2D eigenvalue weighted by Crippen LogP contribution is -2.11. The van der Waals surface area contributed by atoms with Gasteiger partial charge in [-0.3, -0.25) is 9.59 Å². The lowest BCUT2D eigenvalue weighted by Gasteiger charge is -2.06. The van der Waals surface area contributed by atoms with Gasteiger partial charge in [0.25, 0.3) is 0 Å². The molecule has 128 valence electrons. The zero-order valence-electron chi connectivity index (χ0n) is 14.7. The molecule has 0 heterocycles. The molecule has 1 N–H and O–H groups in total. The van der Waals surface area contributed by atoms with Gasteiger partial charge >= 0.3 is 0 Å². The van der Waals surface area contributed by atoms with Crippen LogP contribution < -0.4 is 5.32 Å². The molecule has 0 aliphatic rings. The Morgan fingerprint density at radius 3 is 1.87 bits per heavy atom. The van der Waals surface area contributed by atoms with Crippen molar-refractivity contribution in [3.05, 3.63) is 29.8 Å². The second kappa shape index (κ2) is 11.9. The molecular weight excluding hydrogens is 286 g/mol. The molecule has 0 aliphatic carbocycles. The van der Waals surface area contributed by atoms with E-state index in [0.717, 1.165) is 18.5 Å². The molecule has 1 amide bonds. The van der Waals surface area contributed by atoms with Gasteiger partial charge in [-0.2, -0.15) is 0 Å². The molecule has 0 aromatic heterocycles. The first-order chi connectivity index (χ1) is 11.1. The summed E-state index contributed by atoms with van der Waals surface area (Å²) in [6, 6.07) is 7.06. The predicted octanol–water partition coefficient (Wildman–Crippen LogP) is 5.75. The predicted molar refractivity (Wildman–Crippen MR) is 96.9 cm³/mol. The maximum Gasteiger partial charge on any atom is 0.224 e. The molecular formula is C20H31NO2. The summed E-state index contributed by atoms with van der Waals surface area (Å²) < 4.78 is 0. The molecule has 1 aromatic rings. The van der Waals surface area contributed by atoms with Crippen molar-refractivity contribution in [2.45, 2.75) is 78.1 Å². The van der Waals surface area contributed by atoms with E-state index < -0.39 is 0 Å². The van der Waals surface area contributed by atoms with E-state index in [0.29, 0.717) is 12.0 Å². The molecule has 0 saturated heterocycles. The van der Waals surface area contributed by atoms with E-state index in [4.69, 9.17) is 0 Å². The fraction of sp³-hybridized carbons (Fsp3) is 0.600. The summed E-state index contributed by atoms with van der Waals surface area (Å²) in [5.74, 6) is 0.0982. The average Bonchev–Trinajstić information content (AvgIpc) is 2.54. The van der Waals surface area contributed by atoms with E-state index in [1.54, 1.807) is 24.3 Å². The second-order valence-electron chi connectivity index (χ2n) is 6.26. The molecule has 1 aromatic carbocycles. The Labute approximate surface area is 140 Å². The monoisotopic (exact) mass is 317 g/mol. The van der Waals surface area contributed by atoms with Gasteiger partial charge in [-0.05, 0) is 37.6 Å². The SMILES string of the molecule is CCCCCCCCCCCC(=O)Nc1ccc(C(C)=O)cc1. The normalized spacial score (nSPS) is 10.5. The molecule has 0 spiro atoms. The summed E-state index contributed by atoms with van der Waals surface area (Å²) in [5, 5.41) is 2.88. The van der Waals surface area contributed by atoms with E-state index in [9.17, 15) is 9.59 Å². The topological polar surface area (TPSA) is 46.2 Å². The average molecular weight is 317 g/mol. The number of nitrogens with one attached hydrogen (secondary N) is 1. The van der Waals surface area contributed by atoms with Gasteiger partial charge in [0.1, 0.15) is 0 Å². The number of carbonyl (C=O) groups is 2. The van der Waals surface area contributed by atoms with E-state index in [-0.39, 0.29) is 11.7 Å². The van der Waals surface area contributed by atoms with E-state index in [1.165, 1.54) is 51.9 Å². The Kier molecular flexibility index (Phi) is 10.0. The Morgan fingerprint density at radius 1 is 0.826 bits per heavy atom. The number of unbranched alkanes of at least 4 members (excludes halogenated alkanes) is 8. The minimum Gasteiger partial charge on any atom is -0.326 e. The quantitative estimate of drug-likeness (QED) is 0.394. The van der Waals surface area contributed by atoms with Crippen molar-refractivity contribution in [1.82, 2.24) is 0 Å². The highest BCUT2D eigenvalue weighted by atomic mass is 16.1. The van der Waals surface area contributed by atoms with Gasteiger partial charge in [0, 0.05) is 17.7 Å². The van der Waals surface area contributed by atoms with Gasteiger partial charge in [0.2, 0.25) is 5.91 Å². The van der Waals surface area contributed by atoms with E-state index >= 15 is 0 Å². The summed E-state index contributed by atoms with van der Waals surface area (Å²) in [7, 11) is 0. The fourth-order valence-corrected chi connectivity index (χ4v) is 2.61. The third kappa shape index (κ3) is 9.17. The summed E-state index contributed by atoms with van der Waals surface area (Å²) in [6.45, 7) is 3.78. The van der Waals surface area contributed by atoms with Crippen LogP contribution in [-0.4, -0.2) is 11.7 Å². The van der Waals surface area contributed by atoms with Gasteiger partial charge in [-0.15, -0.1) is 0 Å². The molecule has 3 heteroatoms. The first-order valence-corrected chi connectivity index (χ1v) is 9.04. The number of Topliss-reactive ketones (excluding diaryl/α,β-unsaturated/α-hetero) is 1. The van der Waals surface area contributed by atoms with Gasteiger partial charge in [-0.25, -0.2) is 0 Å². The van der Waals surface area contributed by atoms with Crippen LogP contribution in [0, 0.1) is 0 Å². The standard InChI is InChI=1S/C20H31NO2/c1-3-4-5-6-7-8-9-10-11-12-20(23)21-19-15-13-18(14-16-19)17(2)22/h13-16H,3-12H2,1-2H3,(H,21,23). The van der Waals surface area contributed by atoms with Crippen molar-refractivity contribution in [3.8, 4) is 0 Å². The number of benzene rings is 1. The molecule has 3 nitrogen and oxygen atoms in total. The Morgan fingerprint density at radius 2 is 1.35 bits per heavy atom. The highest BCUT2D eigenvalue weighted by Crippen LogP contribution is 2.13. The van der Waals surface area contributed by atoms with Crippen molar-refractivity contribution in [2.75, 3.05) is 5.32 Å². The summed E-state index contributed by atoms with van der Waals surface area (Å²) in [4.78, 5) is 23.1. The van der Waals surface area contributed by atoms with Crippen molar-refractivity contribution in [1.29, 1.82) is 0 Å². The summed E-state index contributed by atoms with van der Waals surface area (Å²) in [5.41, 5.74) is 1.43. The minimum atomic E-state index is 0.0394. The molecule has 0 fully saturated rings. The van der Waals surface area contributed by atoms with Gasteiger partial charge in [-0.1, -0.05) is 58.3 Å². The van der Waals surface area contributed by atoms with Crippen LogP contribution in [-0.2, 0) is 4.79 Å². The zero-order chi connectivity index (χ0) is 16.9. The maximum atomic E-state index is 11.9. The number of hydrogen-bond donors (Lipinski definition) is 1. The van der Waals surface area contributed by atoms with Crippen LogP contribution in [0.3, 0.4) is 0 Å². The largest absolute Gasteiger partial charge is 0.326 e. The van der Waals surface area contributed by atoms with Crippen molar-refractivity contribution >= 4 is 17.4 Å². The molecule has 0 bridgehead atoms. The maximum absolute atomic E-state index is 11.9. The number of hydrogen-bond acceptors (Lipinski definition) is 2. The lowest BCUT2D eigenvalue weighted by molar-refractivity contribution is -0.116. The van der Waals surface area contributed by atoms with Crippen LogP contribution in [0.25, 0.3) is 0 Å². The summed E-state index contributed by atoms with van der Waals surface area (Å²) in [6.07, 6.45) is 11.9. The van der Waals surface area contributed by atoms with Crippen LogP contribution in [0.5, 0.6) is 0 Å². The molecule has 0 unspecified atom stereocenters. The lowest BCUT2D eigenvalue weighted by atomic mass is 10.1. The minimum absolute atomic E-state index is 0.0394. The highest BCUT2D eigenvalue weighted by molar-refractivity contribution is 5.95. The van der Waals surface area contributed by atoms with E-state index in [2.05, 4.69) is 12.2 Å². The van der Waals surface area contributed by atoms with Crippen molar-refractivity contribution in [2.24, 2.45) is 0 Å². The highest BCUT2D eigenvalue weighted by Gasteiger charge is 2.03. The number of carbonyl (C=O) groups excluding carboxylic acids is 2. The molecule has 0 saturated carbocycles. The van der Waals surface area contributed by atoms with Crippen LogP contribution >= 0.6 is 0 Å². The number of ketones is 1. The molecule has 0 aliphatic heterocycles. The molecule has 0 radical (unpaired) electrons. The Hall–Kier alpha value is -1.64. The van der Waals surface area contributed by atoms with E-state index in [1.807, 2.05) is 0 Å². The van der Waals surface area contributed by atoms with Gasteiger partial charge in [0.05, 0.1) is 0 Å². The third-order valence-electron chi connectivity index (χ3n) is 4.08. The van der Waals surface area contributed by atoms with Crippen LogP contribution in [0.4, 0.5) is 5.69 Å². The Bertz CT molecular complexity index is 465. The number of amides is 1. The van der Waals surface area contributed by atoms with Gasteiger partial charge in [0.15, 0.2) is 5.78 Å². The van der Waals surface area contributed by atoms with Crippen LogP contribution in [0.15, 0.2) is 24.3 Å². The smallest absolute Gasteiger partial charge is 0.224 e. The van der Waals surface area contributed by atoms with Crippen LogP contribution in [0.1, 0.15) is 88.4 Å². The first-order valence-electron chi connectivity index (χ1n) is 9.04. The molecule has 23 heavy (non-hydrogen) atoms. The molecule has 0 atom stereocenters. The zero-order valence-corrected chi connectivity index (χ0v) is 14.7. The van der Waals surface area contributed by atoms with Crippen molar-refractivity contribution < 1.29 is 9.59 Å². The fourth-order valence-electron chi connectivity index (χ4n) is 2.61. The van der Waals surface area contributed by atoms with Gasteiger partial charge < -0.3 is 5.32 Å². The van der Waals surface area contributed by atoms with Crippen LogP contribution in [0.2, 0.25) is 0 Å². The van der Waals surface area contributed by atoms with Crippen molar-refractivity contribution in [3.63, 3.8) is 0 Å². The Balaban J connectivity index is 2.07.